The number of carbonyl (C=O) groups is 2. The lowest BCUT2D eigenvalue weighted by atomic mass is 10.1. The van der Waals surface area contributed by atoms with Crippen molar-refractivity contribution in [2.75, 3.05) is 24.6 Å². The van der Waals surface area contributed by atoms with Gasteiger partial charge in [-0.15, -0.1) is 6.58 Å². The van der Waals surface area contributed by atoms with Crippen molar-refractivity contribution >= 4 is 25.9 Å². The van der Waals surface area contributed by atoms with Gasteiger partial charge in [-0.3, -0.25) is 9.59 Å². The number of nitrogens with zero attached hydrogens (tertiary/aromatic N) is 1. The van der Waals surface area contributed by atoms with Gasteiger partial charge in [-0.05, 0) is 96.6 Å². The van der Waals surface area contributed by atoms with Gasteiger partial charge in [0, 0.05) is 0 Å². The molecule has 0 N–H and O–H groups in total. The van der Waals surface area contributed by atoms with E-state index in [2.05, 4.69) is 40.4 Å². The molecule has 2 rings (SSSR count). The molecule has 1 aliphatic rings. The van der Waals surface area contributed by atoms with Crippen molar-refractivity contribution in [3.63, 3.8) is 0 Å². The van der Waals surface area contributed by atoms with Crippen molar-refractivity contribution in [2.45, 2.75) is 130 Å². The van der Waals surface area contributed by atoms with Crippen molar-refractivity contribution in [3.05, 3.63) is 36.4 Å². The van der Waals surface area contributed by atoms with Crippen molar-refractivity contribution in [1.29, 1.82) is 0 Å². The lowest BCUT2D eigenvalue weighted by Gasteiger charge is -2.36. The fraction of sp³-hybridized carbons (Fsp3) is 0.697. The molecule has 0 spiro atoms. The van der Waals surface area contributed by atoms with E-state index >= 15 is 0 Å². The molecule has 238 valence electrons. The predicted molar refractivity (Wildman–Crippen MR) is 171 cm³/mol. The minimum Gasteiger partial charge on any atom is -0.486 e. The van der Waals surface area contributed by atoms with Gasteiger partial charge in [0.2, 0.25) is 0 Å². The Labute approximate surface area is 255 Å². The van der Waals surface area contributed by atoms with Gasteiger partial charge >= 0.3 is 11.9 Å². The van der Waals surface area contributed by atoms with Gasteiger partial charge in [-0.25, -0.2) is 0 Å². The van der Waals surface area contributed by atoms with Gasteiger partial charge in [-0.2, -0.15) is 0 Å². The molecular weight excluding hydrogens is 550 g/mol. The van der Waals surface area contributed by atoms with E-state index in [-0.39, 0.29) is 30.3 Å². The Bertz CT molecular complexity index is 1040. The quantitative estimate of drug-likeness (QED) is 0.133. The molecule has 0 unspecified atom stereocenters. The molecule has 1 aromatic rings. The highest BCUT2D eigenvalue weighted by Crippen LogP contribution is 2.38. The first kappa shape index (κ1) is 35.8. The molecule has 8 nitrogen and oxygen atoms in total. The monoisotopic (exact) mass is 605 g/mol. The summed E-state index contributed by atoms with van der Waals surface area (Å²) in [4.78, 5) is 27.8. The molecule has 2 atom stereocenters. The van der Waals surface area contributed by atoms with E-state index < -0.39 is 31.5 Å². The van der Waals surface area contributed by atoms with Crippen LogP contribution in [0.15, 0.2) is 30.9 Å². The van der Waals surface area contributed by atoms with E-state index in [0.717, 1.165) is 24.8 Å². The summed E-state index contributed by atoms with van der Waals surface area (Å²) in [6.45, 7) is 26.3. The van der Waals surface area contributed by atoms with Crippen molar-refractivity contribution in [1.82, 2.24) is 0 Å². The minimum absolute atomic E-state index is 0.0568. The van der Waals surface area contributed by atoms with E-state index in [4.69, 9.17) is 23.4 Å². The third-order valence-electron chi connectivity index (χ3n) is 7.35. The highest BCUT2D eigenvalue weighted by molar-refractivity contribution is 6.74. The summed E-state index contributed by atoms with van der Waals surface area (Å²) in [7, 11) is -2.02. The fourth-order valence-electron chi connectivity index (χ4n) is 4.34. The van der Waals surface area contributed by atoms with Gasteiger partial charge in [0.05, 0.1) is 25.0 Å². The number of esters is 2. The third-order valence-corrected chi connectivity index (χ3v) is 11.8. The summed E-state index contributed by atoms with van der Waals surface area (Å²) >= 11 is 0. The van der Waals surface area contributed by atoms with Crippen LogP contribution in [0.3, 0.4) is 0 Å². The number of rotatable bonds is 13. The average Bonchev–Trinajstić information content (AvgIpc) is 3.25. The number of ether oxygens (including phenoxy) is 4. The second-order valence-electron chi connectivity index (χ2n) is 14.6. The van der Waals surface area contributed by atoms with Gasteiger partial charge < -0.3 is 28.3 Å². The van der Waals surface area contributed by atoms with Crippen LogP contribution in [0.1, 0.15) is 87.1 Å². The first-order chi connectivity index (χ1) is 19.2. The number of benzene rings is 1. The van der Waals surface area contributed by atoms with Crippen LogP contribution in [0.5, 0.6) is 5.75 Å². The van der Waals surface area contributed by atoms with Crippen LogP contribution >= 0.6 is 0 Å². The molecular formula is C33H55NO7Si. The van der Waals surface area contributed by atoms with E-state index in [0.29, 0.717) is 24.7 Å². The Kier molecular flexibility index (Phi) is 12.3. The molecule has 0 radical (unpaired) electrons. The van der Waals surface area contributed by atoms with Crippen LogP contribution in [0, 0.1) is 0 Å². The SMILES string of the molecule is C=CCO[C@@H]1CCC[C@H]1Oc1ccc(CO[Si](C)(C)C(C)(C)C)cc1N(CC(=O)OC(C)(C)C)CC(=O)OC(C)(C)C. The second kappa shape index (κ2) is 14.4. The molecule has 1 aliphatic carbocycles. The first-order valence-corrected chi connectivity index (χ1v) is 18.0. The molecule has 1 fully saturated rings. The maximum atomic E-state index is 13.1. The van der Waals surface area contributed by atoms with Crippen LogP contribution in [-0.2, 0) is 34.8 Å². The largest absolute Gasteiger partial charge is 0.486 e. The minimum atomic E-state index is -2.02. The molecule has 0 aliphatic heterocycles. The summed E-state index contributed by atoms with van der Waals surface area (Å²) < 4.78 is 30.4. The molecule has 1 aromatic carbocycles. The zero-order valence-corrected chi connectivity index (χ0v) is 28.9. The normalized spacial score (nSPS) is 18.0. The Morgan fingerprint density at radius 2 is 1.48 bits per heavy atom. The van der Waals surface area contributed by atoms with Crippen molar-refractivity contribution < 1.29 is 33.0 Å². The van der Waals surface area contributed by atoms with Crippen LogP contribution in [0.4, 0.5) is 5.69 Å². The van der Waals surface area contributed by atoms with Crippen LogP contribution in [0.25, 0.3) is 0 Å². The first-order valence-electron chi connectivity index (χ1n) is 15.1. The summed E-state index contributed by atoms with van der Waals surface area (Å²) in [6.07, 6.45) is 4.23. The van der Waals surface area contributed by atoms with Crippen molar-refractivity contribution in [2.24, 2.45) is 0 Å². The predicted octanol–water partition coefficient (Wildman–Crippen LogP) is 7.20. The molecule has 42 heavy (non-hydrogen) atoms. The average molecular weight is 606 g/mol. The number of hydrogen-bond donors (Lipinski definition) is 0. The number of carbonyl (C=O) groups excluding carboxylic acids is 2. The van der Waals surface area contributed by atoms with Crippen LogP contribution < -0.4 is 9.64 Å². The molecule has 0 aromatic heterocycles. The maximum absolute atomic E-state index is 13.1. The molecule has 0 heterocycles. The standard InChI is InChI=1S/C33H55NO7Si/c1-13-19-37-27-15-14-16-28(27)39-26-18-17-24(23-38-42(11,12)33(8,9)10)20-25(26)34(21-29(35)40-31(2,3)4)22-30(36)41-32(5,6)7/h13,17-18,20,27-28H,1,14-16,19,21-23H2,2-12H3/t27-,28-/m1/s1. The Hall–Kier alpha value is -2.36. The van der Waals surface area contributed by atoms with Crippen LogP contribution in [-0.4, -0.2) is 63.4 Å². The molecule has 1 saturated carbocycles. The number of hydrogen-bond acceptors (Lipinski definition) is 8. The summed E-state index contributed by atoms with van der Waals surface area (Å²) in [5.74, 6) is -0.335. The Morgan fingerprint density at radius 1 is 0.929 bits per heavy atom. The zero-order valence-electron chi connectivity index (χ0n) is 27.9. The molecule has 9 heteroatoms. The third kappa shape index (κ3) is 11.7. The maximum Gasteiger partial charge on any atom is 0.326 e. The number of anilines is 1. The molecule has 0 bridgehead atoms. The molecule has 0 amide bonds. The summed E-state index contributed by atoms with van der Waals surface area (Å²) in [5.41, 5.74) is 0.183. The second-order valence-corrected chi connectivity index (χ2v) is 19.4. The topological polar surface area (TPSA) is 83.5 Å². The van der Waals surface area contributed by atoms with Crippen LogP contribution in [0.2, 0.25) is 18.1 Å². The Morgan fingerprint density at radius 3 is 1.98 bits per heavy atom. The summed E-state index contributed by atoms with van der Waals surface area (Å²) in [6, 6.07) is 5.84. The lowest BCUT2D eigenvalue weighted by Crippen LogP contribution is -2.41. The zero-order chi connectivity index (χ0) is 31.9. The van der Waals surface area contributed by atoms with Crippen molar-refractivity contribution in [3.8, 4) is 5.75 Å². The fourth-order valence-corrected chi connectivity index (χ4v) is 5.30. The van der Waals surface area contributed by atoms with E-state index in [1.165, 1.54) is 0 Å². The van der Waals surface area contributed by atoms with E-state index in [9.17, 15) is 9.59 Å². The van der Waals surface area contributed by atoms with Gasteiger partial charge in [0.1, 0.15) is 36.1 Å². The highest BCUT2D eigenvalue weighted by atomic mass is 28.4. The summed E-state index contributed by atoms with van der Waals surface area (Å²) in [5, 5.41) is 0.0568. The van der Waals surface area contributed by atoms with Gasteiger partial charge in [0.15, 0.2) is 8.32 Å². The van der Waals surface area contributed by atoms with Gasteiger partial charge in [-0.1, -0.05) is 32.9 Å². The highest BCUT2D eigenvalue weighted by Gasteiger charge is 2.37. The molecule has 0 saturated heterocycles. The van der Waals surface area contributed by atoms with Gasteiger partial charge in [0.25, 0.3) is 0 Å². The Balaban J connectivity index is 2.51. The van der Waals surface area contributed by atoms with E-state index in [1.54, 1.807) is 11.0 Å². The lowest BCUT2D eigenvalue weighted by molar-refractivity contribution is -0.154. The van der Waals surface area contributed by atoms with E-state index in [1.807, 2.05) is 59.7 Å². The smallest absolute Gasteiger partial charge is 0.326 e.